The molecular formula is C33H40O8. The standard InChI is InChI=1S/C33H40O8/c1-35-26-13-10-21(16-29(26)38-4)8-7-9-23-17-25(32(34)22-11-14-27(36-2)30(18-22)39-5)20-41-33(23)24-12-15-28(37-3)31(19-24)40-6/h7-8,10-16,18-19,23,25,32-34H,9,17,20H2,1-6H3/b8-7+/t23-,25+,32+,33+/m0/s1. The molecule has 1 saturated heterocycles. The van der Waals surface area contributed by atoms with Crippen molar-refractivity contribution in [2.24, 2.45) is 11.8 Å². The van der Waals surface area contributed by atoms with E-state index < -0.39 is 6.10 Å². The van der Waals surface area contributed by atoms with E-state index in [0.717, 1.165) is 29.5 Å². The van der Waals surface area contributed by atoms with Crippen molar-refractivity contribution in [3.8, 4) is 34.5 Å². The van der Waals surface area contributed by atoms with Gasteiger partial charge < -0.3 is 38.3 Å². The lowest BCUT2D eigenvalue weighted by Gasteiger charge is -2.38. The first-order valence-corrected chi connectivity index (χ1v) is 13.6. The zero-order valence-corrected chi connectivity index (χ0v) is 24.6. The van der Waals surface area contributed by atoms with Crippen LogP contribution in [0.3, 0.4) is 0 Å². The highest BCUT2D eigenvalue weighted by Gasteiger charge is 2.36. The van der Waals surface area contributed by atoms with Crippen LogP contribution in [-0.2, 0) is 4.74 Å². The Balaban J connectivity index is 1.59. The van der Waals surface area contributed by atoms with Gasteiger partial charge in [0.25, 0.3) is 0 Å². The quantitative estimate of drug-likeness (QED) is 0.276. The maximum absolute atomic E-state index is 11.4. The zero-order chi connectivity index (χ0) is 29.4. The van der Waals surface area contributed by atoms with Crippen LogP contribution in [0.4, 0.5) is 0 Å². The van der Waals surface area contributed by atoms with Gasteiger partial charge in [-0.2, -0.15) is 0 Å². The largest absolute Gasteiger partial charge is 0.493 e. The summed E-state index contributed by atoms with van der Waals surface area (Å²) < 4.78 is 39.1. The van der Waals surface area contributed by atoms with Crippen molar-refractivity contribution in [3.63, 3.8) is 0 Å². The van der Waals surface area contributed by atoms with Crippen LogP contribution in [0.1, 0.15) is 41.7 Å². The van der Waals surface area contributed by atoms with Crippen molar-refractivity contribution in [2.75, 3.05) is 49.3 Å². The van der Waals surface area contributed by atoms with E-state index >= 15 is 0 Å². The normalized spacial score (nSPS) is 19.4. The number of methoxy groups -OCH3 is 6. The van der Waals surface area contributed by atoms with Gasteiger partial charge in [0, 0.05) is 5.92 Å². The summed E-state index contributed by atoms with van der Waals surface area (Å²) in [7, 11) is 9.68. The molecule has 1 fully saturated rings. The number of hydrogen-bond donors (Lipinski definition) is 1. The Kier molecular flexibility index (Phi) is 10.4. The summed E-state index contributed by atoms with van der Waals surface area (Å²) in [5.41, 5.74) is 2.77. The first-order chi connectivity index (χ1) is 20.0. The van der Waals surface area contributed by atoms with Crippen molar-refractivity contribution >= 4 is 6.08 Å². The fourth-order valence-electron chi connectivity index (χ4n) is 5.43. The highest BCUT2D eigenvalue weighted by Crippen LogP contribution is 2.44. The van der Waals surface area contributed by atoms with E-state index in [4.69, 9.17) is 33.2 Å². The molecule has 8 heteroatoms. The Labute approximate surface area is 242 Å². The highest BCUT2D eigenvalue weighted by atomic mass is 16.5. The Morgan fingerprint density at radius 3 is 1.93 bits per heavy atom. The first-order valence-electron chi connectivity index (χ1n) is 13.6. The third kappa shape index (κ3) is 6.89. The van der Waals surface area contributed by atoms with E-state index in [-0.39, 0.29) is 17.9 Å². The average molecular weight is 565 g/mol. The lowest BCUT2D eigenvalue weighted by atomic mass is 9.79. The number of hydrogen-bond acceptors (Lipinski definition) is 8. The van der Waals surface area contributed by atoms with Gasteiger partial charge >= 0.3 is 0 Å². The molecule has 3 aromatic carbocycles. The molecule has 220 valence electrons. The second-order valence-electron chi connectivity index (χ2n) is 9.94. The molecule has 8 nitrogen and oxygen atoms in total. The molecule has 1 aliphatic heterocycles. The summed E-state index contributed by atoms with van der Waals surface area (Å²) in [6.45, 7) is 0.407. The molecule has 41 heavy (non-hydrogen) atoms. The Bertz CT molecular complexity index is 1320. The van der Waals surface area contributed by atoms with Crippen molar-refractivity contribution in [1.82, 2.24) is 0 Å². The van der Waals surface area contributed by atoms with Gasteiger partial charge in [0.05, 0.1) is 61.5 Å². The van der Waals surface area contributed by atoms with E-state index in [0.29, 0.717) is 41.1 Å². The number of benzene rings is 3. The van der Waals surface area contributed by atoms with E-state index in [9.17, 15) is 5.11 Å². The van der Waals surface area contributed by atoms with Crippen LogP contribution < -0.4 is 28.4 Å². The fourth-order valence-corrected chi connectivity index (χ4v) is 5.43. The number of aliphatic hydroxyl groups is 1. The zero-order valence-electron chi connectivity index (χ0n) is 24.6. The molecule has 0 spiro atoms. The van der Waals surface area contributed by atoms with E-state index in [1.165, 1.54) is 0 Å². The summed E-state index contributed by atoms with van der Waals surface area (Å²) in [5.74, 6) is 3.87. The molecule has 3 aromatic rings. The number of rotatable bonds is 12. The van der Waals surface area contributed by atoms with Crippen LogP contribution in [-0.4, -0.2) is 54.4 Å². The van der Waals surface area contributed by atoms with E-state index in [2.05, 4.69) is 12.2 Å². The SMILES string of the molecule is COc1ccc(/C=C/C[C@H]2C[C@@H]([C@H](O)c3ccc(OC)c(OC)c3)CO[C@H]2c2ccc(OC)c(OC)c2)cc1OC. The second kappa shape index (κ2) is 14.1. The third-order valence-corrected chi connectivity index (χ3v) is 7.61. The van der Waals surface area contributed by atoms with Crippen LogP contribution in [0.25, 0.3) is 6.08 Å². The van der Waals surface area contributed by atoms with Crippen molar-refractivity contribution in [3.05, 3.63) is 77.4 Å². The van der Waals surface area contributed by atoms with Crippen LogP contribution >= 0.6 is 0 Å². The minimum absolute atomic E-state index is 0.0954. The first kappa shape index (κ1) is 30.1. The van der Waals surface area contributed by atoms with Crippen molar-refractivity contribution in [1.29, 1.82) is 0 Å². The average Bonchev–Trinajstić information content (AvgIpc) is 3.03. The Morgan fingerprint density at radius 1 is 0.732 bits per heavy atom. The molecule has 1 N–H and O–H groups in total. The van der Waals surface area contributed by atoms with Gasteiger partial charge in [-0.3, -0.25) is 0 Å². The van der Waals surface area contributed by atoms with Crippen LogP contribution in [0.2, 0.25) is 0 Å². The lowest BCUT2D eigenvalue weighted by molar-refractivity contribution is -0.0901. The molecule has 4 atom stereocenters. The molecule has 1 heterocycles. The van der Waals surface area contributed by atoms with E-state index in [1.807, 2.05) is 54.6 Å². The second-order valence-corrected chi connectivity index (χ2v) is 9.94. The predicted molar refractivity (Wildman–Crippen MR) is 158 cm³/mol. The number of ether oxygens (including phenoxy) is 7. The predicted octanol–water partition coefficient (Wildman–Crippen LogP) is 6.27. The third-order valence-electron chi connectivity index (χ3n) is 7.61. The van der Waals surface area contributed by atoms with Gasteiger partial charge in [0.1, 0.15) is 0 Å². The van der Waals surface area contributed by atoms with Gasteiger partial charge in [-0.1, -0.05) is 30.4 Å². The Morgan fingerprint density at radius 2 is 1.29 bits per heavy atom. The fraction of sp³-hybridized carbons (Fsp3) is 0.394. The minimum Gasteiger partial charge on any atom is -0.493 e. The highest BCUT2D eigenvalue weighted by molar-refractivity contribution is 5.56. The van der Waals surface area contributed by atoms with Crippen LogP contribution in [0.5, 0.6) is 34.5 Å². The van der Waals surface area contributed by atoms with Crippen molar-refractivity contribution < 1.29 is 38.3 Å². The summed E-state index contributed by atoms with van der Waals surface area (Å²) in [6, 6.07) is 17.2. The van der Waals surface area contributed by atoms with Crippen molar-refractivity contribution in [2.45, 2.75) is 25.0 Å². The summed E-state index contributed by atoms with van der Waals surface area (Å²) in [6.07, 6.45) is 4.81. The summed E-state index contributed by atoms with van der Waals surface area (Å²) in [4.78, 5) is 0. The number of aliphatic hydroxyl groups excluding tert-OH is 1. The molecule has 0 radical (unpaired) electrons. The number of allylic oxidation sites excluding steroid dienone is 1. The molecule has 0 unspecified atom stereocenters. The summed E-state index contributed by atoms with van der Waals surface area (Å²) >= 11 is 0. The van der Waals surface area contributed by atoms with Gasteiger partial charge in [0.2, 0.25) is 0 Å². The molecule has 1 aliphatic rings. The maximum atomic E-state index is 11.4. The van der Waals surface area contributed by atoms with Crippen LogP contribution in [0, 0.1) is 11.8 Å². The molecule has 0 aliphatic carbocycles. The van der Waals surface area contributed by atoms with Gasteiger partial charge in [-0.05, 0) is 71.8 Å². The lowest BCUT2D eigenvalue weighted by Crippen LogP contribution is -2.32. The van der Waals surface area contributed by atoms with Crippen LogP contribution in [0.15, 0.2) is 60.7 Å². The molecule has 0 amide bonds. The molecule has 4 rings (SSSR count). The molecule has 0 saturated carbocycles. The topological polar surface area (TPSA) is 84.8 Å². The van der Waals surface area contributed by atoms with Gasteiger partial charge in [0.15, 0.2) is 34.5 Å². The van der Waals surface area contributed by atoms with E-state index in [1.54, 1.807) is 42.7 Å². The Hall–Kier alpha value is -3.88. The van der Waals surface area contributed by atoms with Gasteiger partial charge in [-0.15, -0.1) is 0 Å². The molecule has 0 aromatic heterocycles. The summed E-state index contributed by atoms with van der Waals surface area (Å²) in [5, 5.41) is 11.4. The maximum Gasteiger partial charge on any atom is 0.161 e. The monoisotopic (exact) mass is 564 g/mol. The molecular weight excluding hydrogens is 524 g/mol. The molecule has 0 bridgehead atoms. The smallest absolute Gasteiger partial charge is 0.161 e. The van der Waals surface area contributed by atoms with Gasteiger partial charge in [-0.25, -0.2) is 0 Å². The minimum atomic E-state index is -0.724.